The SMILES string of the molecule is O=C(Cc1ccc(F)cc1)CN1CCN(CCO)CC1. The third-order valence-corrected chi connectivity index (χ3v) is 3.60. The van der Waals surface area contributed by atoms with Crippen molar-refractivity contribution < 1.29 is 14.3 Å². The highest BCUT2D eigenvalue weighted by atomic mass is 19.1. The highest BCUT2D eigenvalue weighted by Crippen LogP contribution is 2.06. The molecule has 0 aromatic heterocycles. The number of hydrogen-bond donors (Lipinski definition) is 1. The van der Waals surface area contributed by atoms with Crippen molar-refractivity contribution in [3.8, 4) is 0 Å². The van der Waals surface area contributed by atoms with Crippen molar-refractivity contribution in [2.45, 2.75) is 6.42 Å². The van der Waals surface area contributed by atoms with E-state index in [1.807, 2.05) is 0 Å². The third-order valence-electron chi connectivity index (χ3n) is 3.60. The van der Waals surface area contributed by atoms with E-state index in [4.69, 9.17) is 5.11 Å². The van der Waals surface area contributed by atoms with Gasteiger partial charge in [0.1, 0.15) is 5.82 Å². The van der Waals surface area contributed by atoms with E-state index in [0.29, 0.717) is 19.5 Å². The van der Waals surface area contributed by atoms with Crippen LogP contribution in [0.5, 0.6) is 0 Å². The molecule has 1 aliphatic rings. The van der Waals surface area contributed by atoms with E-state index in [0.717, 1.165) is 31.7 Å². The van der Waals surface area contributed by atoms with Crippen molar-refractivity contribution in [1.82, 2.24) is 9.80 Å². The van der Waals surface area contributed by atoms with Gasteiger partial charge < -0.3 is 5.11 Å². The number of nitrogens with zero attached hydrogens (tertiary/aromatic N) is 2. The molecular formula is C15H21FN2O2. The molecule has 1 fully saturated rings. The summed E-state index contributed by atoms with van der Waals surface area (Å²) in [4.78, 5) is 16.3. The van der Waals surface area contributed by atoms with E-state index in [-0.39, 0.29) is 18.2 Å². The summed E-state index contributed by atoms with van der Waals surface area (Å²) >= 11 is 0. The Morgan fingerprint density at radius 2 is 1.70 bits per heavy atom. The molecule has 0 bridgehead atoms. The first-order valence-electron chi connectivity index (χ1n) is 6.99. The molecule has 4 nitrogen and oxygen atoms in total. The average molecular weight is 280 g/mol. The number of aliphatic hydroxyl groups excluding tert-OH is 1. The van der Waals surface area contributed by atoms with Gasteiger partial charge in [-0.25, -0.2) is 4.39 Å². The summed E-state index contributed by atoms with van der Waals surface area (Å²) in [7, 11) is 0. The number of ketones is 1. The number of hydrogen-bond acceptors (Lipinski definition) is 4. The molecule has 0 spiro atoms. The van der Waals surface area contributed by atoms with Crippen LogP contribution in [0, 0.1) is 5.82 Å². The van der Waals surface area contributed by atoms with E-state index in [9.17, 15) is 9.18 Å². The largest absolute Gasteiger partial charge is 0.395 e. The predicted octanol–water partition coefficient (Wildman–Crippen LogP) is 0.547. The van der Waals surface area contributed by atoms with Crippen molar-refractivity contribution in [2.24, 2.45) is 0 Å². The molecule has 110 valence electrons. The van der Waals surface area contributed by atoms with Crippen LogP contribution in [0.15, 0.2) is 24.3 Å². The van der Waals surface area contributed by atoms with Crippen LogP contribution in [0.3, 0.4) is 0 Å². The molecule has 0 radical (unpaired) electrons. The highest BCUT2D eigenvalue weighted by Gasteiger charge is 2.18. The molecule has 20 heavy (non-hydrogen) atoms. The smallest absolute Gasteiger partial charge is 0.151 e. The molecule has 0 atom stereocenters. The highest BCUT2D eigenvalue weighted by molar-refractivity contribution is 5.82. The number of carbonyl (C=O) groups excluding carboxylic acids is 1. The molecule has 1 saturated heterocycles. The van der Waals surface area contributed by atoms with Gasteiger partial charge in [0.15, 0.2) is 5.78 Å². The van der Waals surface area contributed by atoms with Gasteiger partial charge in [-0.15, -0.1) is 0 Å². The fraction of sp³-hybridized carbons (Fsp3) is 0.533. The molecule has 1 N–H and O–H groups in total. The van der Waals surface area contributed by atoms with E-state index < -0.39 is 0 Å². The Kier molecular flexibility index (Phi) is 5.64. The van der Waals surface area contributed by atoms with Gasteiger partial charge in [0.05, 0.1) is 13.2 Å². The first-order chi connectivity index (χ1) is 9.67. The average Bonchev–Trinajstić information content (AvgIpc) is 2.44. The molecule has 1 heterocycles. The van der Waals surface area contributed by atoms with Crippen LogP contribution in [0.4, 0.5) is 4.39 Å². The Morgan fingerprint density at radius 1 is 1.10 bits per heavy atom. The first kappa shape index (κ1) is 15.1. The van der Waals surface area contributed by atoms with E-state index in [2.05, 4.69) is 9.80 Å². The van der Waals surface area contributed by atoms with Crippen LogP contribution in [-0.4, -0.2) is 66.6 Å². The zero-order valence-corrected chi connectivity index (χ0v) is 11.6. The molecule has 1 aromatic rings. The normalized spacial score (nSPS) is 17.3. The maximum Gasteiger partial charge on any atom is 0.151 e. The molecular weight excluding hydrogens is 259 g/mol. The van der Waals surface area contributed by atoms with Crippen LogP contribution in [0.25, 0.3) is 0 Å². The van der Waals surface area contributed by atoms with Crippen molar-refractivity contribution in [3.05, 3.63) is 35.6 Å². The Hall–Kier alpha value is -1.30. The number of benzene rings is 1. The second kappa shape index (κ2) is 7.47. The van der Waals surface area contributed by atoms with E-state index in [1.165, 1.54) is 12.1 Å². The second-order valence-corrected chi connectivity index (χ2v) is 5.18. The summed E-state index contributed by atoms with van der Waals surface area (Å²) in [6, 6.07) is 6.09. The summed E-state index contributed by atoms with van der Waals surface area (Å²) in [5.74, 6) is -0.117. The zero-order chi connectivity index (χ0) is 14.4. The summed E-state index contributed by atoms with van der Waals surface area (Å²) < 4.78 is 12.8. The van der Waals surface area contributed by atoms with Gasteiger partial charge >= 0.3 is 0 Å². The van der Waals surface area contributed by atoms with Gasteiger partial charge in [-0.3, -0.25) is 14.6 Å². The molecule has 0 saturated carbocycles. The van der Waals surface area contributed by atoms with Gasteiger partial charge in [0.25, 0.3) is 0 Å². The Morgan fingerprint density at radius 3 is 2.30 bits per heavy atom. The lowest BCUT2D eigenvalue weighted by Gasteiger charge is -2.33. The van der Waals surface area contributed by atoms with Gasteiger partial charge in [0.2, 0.25) is 0 Å². The van der Waals surface area contributed by atoms with Crippen molar-refractivity contribution >= 4 is 5.78 Å². The fourth-order valence-corrected chi connectivity index (χ4v) is 2.45. The maximum absolute atomic E-state index is 12.8. The number of rotatable bonds is 6. The Labute approximate surface area is 118 Å². The molecule has 0 amide bonds. The van der Waals surface area contributed by atoms with Gasteiger partial charge in [-0.2, -0.15) is 0 Å². The lowest BCUT2D eigenvalue weighted by molar-refractivity contribution is -0.120. The molecule has 1 aliphatic heterocycles. The number of aliphatic hydroxyl groups is 1. The quantitative estimate of drug-likeness (QED) is 0.826. The summed E-state index contributed by atoms with van der Waals surface area (Å²) in [6.45, 7) is 4.84. The van der Waals surface area contributed by atoms with Crippen LogP contribution >= 0.6 is 0 Å². The van der Waals surface area contributed by atoms with E-state index in [1.54, 1.807) is 12.1 Å². The summed E-state index contributed by atoms with van der Waals surface area (Å²) in [5, 5.41) is 8.88. The summed E-state index contributed by atoms with van der Waals surface area (Å²) in [6.07, 6.45) is 0.358. The first-order valence-corrected chi connectivity index (χ1v) is 6.99. The zero-order valence-electron chi connectivity index (χ0n) is 11.6. The van der Waals surface area contributed by atoms with Gasteiger partial charge in [-0.05, 0) is 17.7 Å². The molecule has 5 heteroatoms. The number of β-amino-alcohol motifs (C(OH)–C–C–N with tert-alkyl or cyclic N) is 1. The number of halogens is 1. The number of piperazine rings is 1. The van der Waals surface area contributed by atoms with Crippen molar-refractivity contribution in [2.75, 3.05) is 45.9 Å². The van der Waals surface area contributed by atoms with Crippen LogP contribution in [-0.2, 0) is 11.2 Å². The Balaban J connectivity index is 1.74. The minimum Gasteiger partial charge on any atom is -0.395 e. The molecule has 2 rings (SSSR count). The minimum absolute atomic E-state index is 0.159. The van der Waals surface area contributed by atoms with Crippen molar-refractivity contribution in [3.63, 3.8) is 0 Å². The fourth-order valence-electron chi connectivity index (χ4n) is 2.45. The minimum atomic E-state index is -0.277. The van der Waals surface area contributed by atoms with Crippen LogP contribution in [0.2, 0.25) is 0 Å². The van der Waals surface area contributed by atoms with E-state index >= 15 is 0 Å². The number of carbonyl (C=O) groups is 1. The van der Waals surface area contributed by atoms with Crippen LogP contribution in [0.1, 0.15) is 5.56 Å². The van der Waals surface area contributed by atoms with Gasteiger partial charge in [-0.1, -0.05) is 12.1 Å². The number of Topliss-reactive ketones (excluding diaryl/α,β-unsaturated/α-hetero) is 1. The lowest BCUT2D eigenvalue weighted by atomic mass is 10.1. The second-order valence-electron chi connectivity index (χ2n) is 5.18. The predicted molar refractivity (Wildman–Crippen MR) is 75.1 cm³/mol. The third kappa shape index (κ3) is 4.67. The standard InChI is InChI=1S/C15H21FN2O2/c16-14-3-1-13(2-4-14)11-15(20)12-18-7-5-17(6-8-18)9-10-19/h1-4,19H,5-12H2. The monoisotopic (exact) mass is 280 g/mol. The molecule has 1 aromatic carbocycles. The topological polar surface area (TPSA) is 43.8 Å². The maximum atomic E-state index is 12.8. The Bertz CT molecular complexity index is 428. The summed E-state index contributed by atoms with van der Waals surface area (Å²) in [5.41, 5.74) is 0.857. The molecule has 0 aliphatic carbocycles. The van der Waals surface area contributed by atoms with Crippen molar-refractivity contribution in [1.29, 1.82) is 0 Å². The van der Waals surface area contributed by atoms with Gasteiger partial charge in [0, 0.05) is 39.1 Å². The lowest BCUT2D eigenvalue weighted by Crippen LogP contribution is -2.48. The molecule has 0 unspecified atom stereocenters. The van der Waals surface area contributed by atoms with Crippen LogP contribution < -0.4 is 0 Å².